The minimum absolute atomic E-state index is 0.412. The zero-order chi connectivity index (χ0) is 25.1. The first-order valence-corrected chi connectivity index (χ1v) is 10.7. The summed E-state index contributed by atoms with van der Waals surface area (Å²) in [5.74, 6) is -0.466. The molecule has 0 aliphatic rings. The van der Waals surface area contributed by atoms with Crippen molar-refractivity contribution in [3.63, 3.8) is 0 Å². The highest BCUT2D eigenvalue weighted by molar-refractivity contribution is 5.92. The van der Waals surface area contributed by atoms with Crippen LogP contribution >= 0.6 is 0 Å². The Kier molecular flexibility index (Phi) is 6.03. The third-order valence-corrected chi connectivity index (χ3v) is 5.19. The fraction of sp³-hybridized carbons (Fsp3) is 0.0800. The molecule has 1 amide bonds. The highest BCUT2D eigenvalue weighted by Gasteiger charge is 2.34. The van der Waals surface area contributed by atoms with Crippen molar-refractivity contribution in [3.8, 4) is 28.4 Å². The second-order valence-electron chi connectivity index (χ2n) is 7.66. The van der Waals surface area contributed by atoms with E-state index < -0.39 is 30.0 Å². The number of pyridine rings is 1. The van der Waals surface area contributed by atoms with Crippen LogP contribution in [0, 0.1) is 0 Å². The number of amides is 1. The van der Waals surface area contributed by atoms with Crippen LogP contribution < -0.4 is 10.1 Å². The number of carbonyl (C=O) groups is 1. The molecule has 180 valence electrons. The fourth-order valence-electron chi connectivity index (χ4n) is 3.55. The van der Waals surface area contributed by atoms with Crippen LogP contribution in [0.5, 0.6) is 5.75 Å². The summed E-state index contributed by atoms with van der Waals surface area (Å²) in [7, 11) is 0. The first-order chi connectivity index (χ1) is 17.4. The van der Waals surface area contributed by atoms with Crippen LogP contribution in [-0.4, -0.2) is 37.3 Å². The molecule has 2 aromatic carbocycles. The molecular weight excluding hydrogens is 473 g/mol. The molecule has 0 bridgehead atoms. The fourth-order valence-corrected chi connectivity index (χ4v) is 3.55. The average molecular weight is 490 g/mol. The second kappa shape index (κ2) is 9.45. The highest BCUT2D eigenvalue weighted by atomic mass is 19.4. The van der Waals surface area contributed by atoms with Gasteiger partial charge in [-0.3, -0.25) is 9.78 Å². The molecule has 3 heterocycles. The molecule has 0 unspecified atom stereocenters. The maximum absolute atomic E-state index is 13.1. The topological polar surface area (TPSA) is 94.3 Å². The van der Waals surface area contributed by atoms with E-state index >= 15 is 0 Å². The minimum atomic E-state index is -4.59. The SMILES string of the molecule is O=C(COc1ccccc1C(F)(F)F)Nc1cccc(-c2ccc3nnc(-c4ccncc4)n3n2)c1. The van der Waals surface area contributed by atoms with E-state index in [0.29, 0.717) is 28.4 Å². The molecule has 8 nitrogen and oxygen atoms in total. The number of anilines is 1. The van der Waals surface area contributed by atoms with Gasteiger partial charge in [-0.15, -0.1) is 10.2 Å². The number of aromatic nitrogens is 5. The Labute approximate surface area is 202 Å². The second-order valence-corrected chi connectivity index (χ2v) is 7.66. The van der Waals surface area contributed by atoms with Gasteiger partial charge in [0.15, 0.2) is 18.1 Å². The lowest BCUT2D eigenvalue weighted by atomic mass is 10.1. The zero-order valence-electron chi connectivity index (χ0n) is 18.5. The number of halogens is 3. The van der Waals surface area contributed by atoms with Crippen molar-refractivity contribution < 1.29 is 22.7 Å². The molecule has 5 aromatic rings. The maximum Gasteiger partial charge on any atom is 0.419 e. The first-order valence-electron chi connectivity index (χ1n) is 10.7. The van der Waals surface area contributed by atoms with Gasteiger partial charge in [-0.05, 0) is 48.5 Å². The smallest absolute Gasteiger partial charge is 0.419 e. The van der Waals surface area contributed by atoms with Gasteiger partial charge in [-0.2, -0.15) is 22.8 Å². The van der Waals surface area contributed by atoms with Crippen molar-refractivity contribution in [3.05, 3.63) is 90.8 Å². The van der Waals surface area contributed by atoms with Crippen molar-refractivity contribution in [2.45, 2.75) is 6.18 Å². The Morgan fingerprint density at radius 3 is 2.53 bits per heavy atom. The molecule has 11 heteroatoms. The normalized spacial score (nSPS) is 11.4. The summed E-state index contributed by atoms with van der Waals surface area (Å²) < 4.78 is 46.1. The van der Waals surface area contributed by atoms with Crippen molar-refractivity contribution in [2.24, 2.45) is 0 Å². The van der Waals surface area contributed by atoms with E-state index in [1.807, 2.05) is 6.07 Å². The summed E-state index contributed by atoms with van der Waals surface area (Å²) in [6.45, 7) is -0.586. The van der Waals surface area contributed by atoms with Gasteiger partial charge in [0.05, 0.1) is 11.3 Å². The van der Waals surface area contributed by atoms with E-state index in [0.717, 1.165) is 11.6 Å². The Morgan fingerprint density at radius 1 is 0.917 bits per heavy atom. The number of rotatable bonds is 6. The lowest BCUT2D eigenvalue weighted by molar-refractivity contribution is -0.139. The Balaban J connectivity index is 1.33. The quantitative estimate of drug-likeness (QED) is 0.364. The van der Waals surface area contributed by atoms with Gasteiger partial charge in [-0.1, -0.05) is 24.3 Å². The lowest BCUT2D eigenvalue weighted by Gasteiger charge is -2.13. The summed E-state index contributed by atoms with van der Waals surface area (Å²) in [6, 6.07) is 18.8. The van der Waals surface area contributed by atoms with E-state index in [9.17, 15) is 18.0 Å². The number of hydrogen-bond acceptors (Lipinski definition) is 6. The van der Waals surface area contributed by atoms with Crippen molar-refractivity contribution >= 4 is 17.2 Å². The summed E-state index contributed by atoms with van der Waals surface area (Å²) >= 11 is 0. The lowest BCUT2D eigenvalue weighted by Crippen LogP contribution is -2.21. The number of para-hydroxylation sites is 1. The van der Waals surface area contributed by atoms with E-state index in [4.69, 9.17) is 4.74 Å². The van der Waals surface area contributed by atoms with Crippen LogP contribution in [0.1, 0.15) is 5.56 Å². The number of alkyl halides is 3. The van der Waals surface area contributed by atoms with Crippen LogP contribution in [0.15, 0.2) is 85.2 Å². The van der Waals surface area contributed by atoms with E-state index in [2.05, 4.69) is 25.6 Å². The molecular formula is C25H17F3N6O2. The predicted molar refractivity (Wildman–Crippen MR) is 125 cm³/mol. The Hall–Kier alpha value is -4.80. The number of hydrogen-bond donors (Lipinski definition) is 1. The Bertz CT molecular complexity index is 1540. The molecule has 0 fully saturated rings. The molecule has 0 radical (unpaired) electrons. The standard InChI is InChI=1S/C25H17F3N6O2/c26-25(27,28)19-6-1-2-7-21(19)36-15-23(35)30-18-5-3-4-17(14-18)20-8-9-22-31-32-24(34(22)33-20)16-10-12-29-13-11-16/h1-14H,15H2,(H,30,35). The molecule has 0 spiro atoms. The molecule has 0 saturated heterocycles. The molecule has 0 aliphatic heterocycles. The van der Waals surface area contributed by atoms with Gasteiger partial charge < -0.3 is 10.1 Å². The van der Waals surface area contributed by atoms with E-state index in [-0.39, 0.29) is 0 Å². The molecule has 0 saturated carbocycles. The van der Waals surface area contributed by atoms with Gasteiger partial charge >= 0.3 is 6.18 Å². The third-order valence-electron chi connectivity index (χ3n) is 5.19. The molecule has 1 N–H and O–H groups in total. The number of ether oxygens (including phenoxy) is 1. The predicted octanol–water partition coefficient (Wildman–Crippen LogP) is 4.89. The monoisotopic (exact) mass is 490 g/mol. The molecule has 0 atom stereocenters. The van der Waals surface area contributed by atoms with Crippen molar-refractivity contribution in [2.75, 3.05) is 11.9 Å². The summed E-state index contributed by atoms with van der Waals surface area (Å²) in [5, 5.41) is 15.6. The van der Waals surface area contributed by atoms with Crippen LogP contribution in [0.25, 0.3) is 28.3 Å². The van der Waals surface area contributed by atoms with E-state index in [1.165, 1.54) is 18.2 Å². The van der Waals surface area contributed by atoms with Crippen LogP contribution in [-0.2, 0) is 11.0 Å². The number of nitrogens with zero attached hydrogens (tertiary/aromatic N) is 5. The van der Waals surface area contributed by atoms with Gasteiger partial charge in [0, 0.05) is 29.2 Å². The summed E-state index contributed by atoms with van der Waals surface area (Å²) in [6.07, 6.45) is -1.28. The highest BCUT2D eigenvalue weighted by Crippen LogP contribution is 2.35. The van der Waals surface area contributed by atoms with Crippen LogP contribution in [0.3, 0.4) is 0 Å². The average Bonchev–Trinajstić information content (AvgIpc) is 3.31. The molecule has 5 rings (SSSR count). The number of fused-ring (bicyclic) bond motifs is 1. The van der Waals surface area contributed by atoms with Crippen LogP contribution in [0.2, 0.25) is 0 Å². The van der Waals surface area contributed by atoms with Crippen LogP contribution in [0.4, 0.5) is 18.9 Å². The third kappa shape index (κ3) is 4.85. The van der Waals surface area contributed by atoms with E-state index in [1.54, 1.807) is 59.4 Å². The molecule has 0 aliphatic carbocycles. The minimum Gasteiger partial charge on any atom is -0.483 e. The van der Waals surface area contributed by atoms with Gasteiger partial charge in [0.1, 0.15) is 5.75 Å². The number of nitrogens with one attached hydrogen (secondary N) is 1. The molecule has 3 aromatic heterocycles. The zero-order valence-corrected chi connectivity index (χ0v) is 18.5. The van der Waals surface area contributed by atoms with Crippen molar-refractivity contribution in [1.29, 1.82) is 0 Å². The van der Waals surface area contributed by atoms with Gasteiger partial charge in [0.25, 0.3) is 5.91 Å². The van der Waals surface area contributed by atoms with Gasteiger partial charge in [-0.25, -0.2) is 0 Å². The Morgan fingerprint density at radius 2 is 1.72 bits per heavy atom. The largest absolute Gasteiger partial charge is 0.483 e. The summed E-state index contributed by atoms with van der Waals surface area (Å²) in [5.41, 5.74) is 2.16. The molecule has 36 heavy (non-hydrogen) atoms. The number of carbonyl (C=O) groups excluding carboxylic acids is 1. The van der Waals surface area contributed by atoms with Crippen molar-refractivity contribution in [1.82, 2.24) is 24.8 Å². The van der Waals surface area contributed by atoms with Gasteiger partial charge in [0.2, 0.25) is 0 Å². The number of benzene rings is 2. The summed E-state index contributed by atoms with van der Waals surface area (Å²) in [4.78, 5) is 16.4. The maximum atomic E-state index is 13.1. The first kappa shape index (κ1) is 23.0.